The van der Waals surface area contributed by atoms with Gasteiger partial charge in [0.2, 0.25) is 0 Å². The number of halogens is 3. The van der Waals surface area contributed by atoms with Gasteiger partial charge in [-0.1, -0.05) is 65.6 Å². The van der Waals surface area contributed by atoms with Gasteiger partial charge in [0, 0.05) is 21.5 Å². The molecule has 1 aromatic heterocycles. The highest BCUT2D eigenvalue weighted by Gasteiger charge is 2.17. The molecule has 0 spiro atoms. The monoisotopic (exact) mass is 465 g/mol. The molecule has 29 heavy (non-hydrogen) atoms. The summed E-state index contributed by atoms with van der Waals surface area (Å²) >= 11 is 19.2. The van der Waals surface area contributed by atoms with Crippen LogP contribution in [0.3, 0.4) is 0 Å². The Morgan fingerprint density at radius 3 is 2.28 bits per heavy atom. The largest absolute Gasteiger partial charge is 0.352 e. The van der Waals surface area contributed by atoms with Crippen molar-refractivity contribution in [2.45, 2.75) is 23.3 Å². The van der Waals surface area contributed by atoms with Crippen LogP contribution >= 0.6 is 46.6 Å². The summed E-state index contributed by atoms with van der Waals surface area (Å²) in [6.45, 7) is 2.60. The summed E-state index contributed by atoms with van der Waals surface area (Å²) in [5.41, 5.74) is 1.56. The molecule has 4 nitrogen and oxygen atoms in total. The van der Waals surface area contributed by atoms with Crippen LogP contribution in [0.1, 0.15) is 22.8 Å². The lowest BCUT2D eigenvalue weighted by atomic mass is 10.0. The fourth-order valence-electron chi connectivity index (χ4n) is 2.67. The van der Waals surface area contributed by atoms with E-state index in [1.165, 1.54) is 23.4 Å². The first kappa shape index (κ1) is 21.9. The third-order valence-corrected chi connectivity index (χ3v) is 5.80. The van der Waals surface area contributed by atoms with Crippen molar-refractivity contribution in [2.75, 3.05) is 6.54 Å². The maximum absolute atomic E-state index is 12.8. The summed E-state index contributed by atoms with van der Waals surface area (Å²) in [6, 6.07) is 16.5. The van der Waals surface area contributed by atoms with Gasteiger partial charge in [-0.05, 0) is 60.4 Å². The number of carbonyl (C=O) groups is 1. The second-order valence-electron chi connectivity index (χ2n) is 6.59. The third kappa shape index (κ3) is 6.61. The van der Waals surface area contributed by atoms with E-state index in [2.05, 4.69) is 22.4 Å². The minimum Gasteiger partial charge on any atom is -0.352 e. The highest BCUT2D eigenvalue weighted by atomic mass is 35.5. The molecule has 1 amide bonds. The molecule has 8 heteroatoms. The third-order valence-electron chi connectivity index (χ3n) is 4.11. The van der Waals surface area contributed by atoms with Crippen LogP contribution in [0.4, 0.5) is 0 Å². The molecule has 0 radical (unpaired) electrons. The summed E-state index contributed by atoms with van der Waals surface area (Å²) < 4.78 is 0. The lowest BCUT2D eigenvalue weighted by Gasteiger charge is -2.14. The van der Waals surface area contributed by atoms with Crippen LogP contribution in [-0.2, 0) is 6.42 Å². The van der Waals surface area contributed by atoms with E-state index in [-0.39, 0.29) is 17.0 Å². The van der Waals surface area contributed by atoms with Gasteiger partial charge in [0.1, 0.15) is 5.03 Å². The molecule has 0 saturated carbocycles. The van der Waals surface area contributed by atoms with Crippen molar-refractivity contribution in [1.82, 2.24) is 15.5 Å². The van der Waals surface area contributed by atoms with E-state index in [4.69, 9.17) is 34.8 Å². The van der Waals surface area contributed by atoms with Crippen LogP contribution in [0.2, 0.25) is 15.2 Å². The van der Waals surface area contributed by atoms with E-state index >= 15 is 0 Å². The zero-order valence-electron chi connectivity index (χ0n) is 15.5. The van der Waals surface area contributed by atoms with Gasteiger partial charge in [0.05, 0.1) is 5.56 Å². The van der Waals surface area contributed by atoms with Gasteiger partial charge in [-0.2, -0.15) is 0 Å². The second-order valence-corrected chi connectivity index (χ2v) is 8.91. The number of nitrogens with zero attached hydrogens (tertiary/aromatic N) is 2. The van der Waals surface area contributed by atoms with Crippen molar-refractivity contribution >= 4 is 52.5 Å². The normalized spacial score (nSPS) is 11.9. The minimum absolute atomic E-state index is 0.171. The van der Waals surface area contributed by atoms with E-state index in [0.717, 1.165) is 11.3 Å². The average Bonchev–Trinajstić information content (AvgIpc) is 2.71. The zero-order chi connectivity index (χ0) is 20.8. The Morgan fingerprint density at radius 1 is 1.00 bits per heavy atom. The second kappa shape index (κ2) is 10.3. The molecule has 0 saturated heterocycles. The number of hydrogen-bond acceptors (Lipinski definition) is 4. The van der Waals surface area contributed by atoms with Crippen molar-refractivity contribution < 1.29 is 4.79 Å². The minimum atomic E-state index is -0.235. The molecular weight excluding hydrogens is 449 g/mol. The van der Waals surface area contributed by atoms with Gasteiger partial charge in [-0.3, -0.25) is 4.79 Å². The summed E-state index contributed by atoms with van der Waals surface area (Å²) in [4.78, 5) is 13.7. The Bertz CT molecular complexity index is 981. The Hall–Kier alpha value is -1.79. The maximum atomic E-state index is 12.8. The highest BCUT2D eigenvalue weighted by Crippen LogP contribution is 2.30. The molecule has 0 bridgehead atoms. The van der Waals surface area contributed by atoms with Crippen molar-refractivity contribution in [3.8, 4) is 0 Å². The fourth-order valence-corrected chi connectivity index (χ4v) is 3.90. The van der Waals surface area contributed by atoms with Crippen LogP contribution in [0.5, 0.6) is 0 Å². The maximum Gasteiger partial charge on any atom is 0.254 e. The van der Waals surface area contributed by atoms with E-state index in [1.54, 1.807) is 12.1 Å². The van der Waals surface area contributed by atoms with Crippen LogP contribution in [-0.4, -0.2) is 22.6 Å². The molecule has 2 aromatic carbocycles. The molecule has 3 aromatic rings. The van der Waals surface area contributed by atoms with Crippen LogP contribution in [0.25, 0.3) is 0 Å². The number of nitrogens with one attached hydrogen (secondary N) is 1. The number of amides is 1. The lowest BCUT2D eigenvalue weighted by molar-refractivity contribution is 0.0944. The van der Waals surface area contributed by atoms with Gasteiger partial charge in [-0.15, -0.1) is 10.2 Å². The van der Waals surface area contributed by atoms with Gasteiger partial charge in [-0.25, -0.2) is 0 Å². The standard InChI is InChI=1S/C21H18Cl3N3OS/c1-13(10-14-2-4-15(22)5-3-14)12-25-20(28)18-11-19(24)26-27-21(18)29-17-8-6-16(23)7-9-17/h2-9,11,13H,10,12H2,1H3,(H,25,28). The molecule has 150 valence electrons. The zero-order valence-corrected chi connectivity index (χ0v) is 18.6. The van der Waals surface area contributed by atoms with Crippen molar-refractivity contribution in [1.29, 1.82) is 0 Å². The van der Waals surface area contributed by atoms with Gasteiger partial charge < -0.3 is 5.32 Å². The van der Waals surface area contributed by atoms with Crippen LogP contribution in [0.15, 0.2) is 64.5 Å². The van der Waals surface area contributed by atoms with Gasteiger partial charge in [0.25, 0.3) is 5.91 Å². The molecule has 0 aliphatic rings. The summed E-state index contributed by atoms with van der Waals surface area (Å²) in [5, 5.41) is 12.9. The number of aromatic nitrogens is 2. The molecule has 0 aliphatic heterocycles. The Labute approximate surface area is 189 Å². The van der Waals surface area contributed by atoms with Crippen molar-refractivity contribution in [3.05, 3.63) is 80.9 Å². The van der Waals surface area contributed by atoms with Crippen molar-refractivity contribution in [2.24, 2.45) is 5.92 Å². The summed E-state index contributed by atoms with van der Waals surface area (Å²) in [5.74, 6) is 0.0129. The first-order valence-electron chi connectivity index (χ1n) is 8.90. The first-order chi connectivity index (χ1) is 13.9. The molecule has 1 heterocycles. The van der Waals surface area contributed by atoms with E-state index in [1.807, 2.05) is 36.4 Å². The smallest absolute Gasteiger partial charge is 0.254 e. The summed E-state index contributed by atoms with van der Waals surface area (Å²) in [6.07, 6.45) is 0.833. The van der Waals surface area contributed by atoms with E-state index < -0.39 is 0 Å². The Balaban J connectivity index is 1.65. The predicted molar refractivity (Wildman–Crippen MR) is 119 cm³/mol. The number of rotatable bonds is 7. The molecule has 1 unspecified atom stereocenters. The number of carbonyl (C=O) groups excluding carboxylic acids is 1. The SMILES string of the molecule is CC(CNC(=O)c1cc(Cl)nnc1Sc1ccc(Cl)cc1)Cc1ccc(Cl)cc1. The van der Waals surface area contributed by atoms with Gasteiger partial charge in [0.15, 0.2) is 5.15 Å². The molecular formula is C21H18Cl3N3OS. The number of benzene rings is 2. The molecule has 1 N–H and O–H groups in total. The van der Waals surface area contributed by atoms with Crippen LogP contribution in [0, 0.1) is 5.92 Å². The van der Waals surface area contributed by atoms with E-state index in [0.29, 0.717) is 27.2 Å². The average molecular weight is 467 g/mol. The fraction of sp³-hybridized carbons (Fsp3) is 0.190. The molecule has 1 atom stereocenters. The Morgan fingerprint density at radius 2 is 1.62 bits per heavy atom. The summed E-state index contributed by atoms with van der Waals surface area (Å²) in [7, 11) is 0. The van der Waals surface area contributed by atoms with E-state index in [9.17, 15) is 4.79 Å². The molecule has 3 rings (SSSR count). The van der Waals surface area contributed by atoms with Gasteiger partial charge >= 0.3 is 0 Å². The number of hydrogen-bond donors (Lipinski definition) is 1. The van der Waals surface area contributed by atoms with Crippen molar-refractivity contribution in [3.63, 3.8) is 0 Å². The lowest BCUT2D eigenvalue weighted by Crippen LogP contribution is -2.29. The van der Waals surface area contributed by atoms with Crippen LogP contribution < -0.4 is 5.32 Å². The topological polar surface area (TPSA) is 54.9 Å². The first-order valence-corrected chi connectivity index (χ1v) is 10.8. The highest BCUT2D eigenvalue weighted by molar-refractivity contribution is 7.99. The predicted octanol–water partition coefficient (Wildman–Crippen LogP) is 6.20. The quantitative estimate of drug-likeness (QED) is 0.450. The molecule has 0 fully saturated rings. The Kier molecular flexibility index (Phi) is 7.78. The molecule has 0 aliphatic carbocycles.